The molecule has 0 bridgehead atoms. The van der Waals surface area contributed by atoms with Crippen molar-refractivity contribution in [3.63, 3.8) is 0 Å². The second-order valence-electron chi connectivity index (χ2n) is 4.74. The SMILES string of the molecule is CCOc1cc(CNCCCNS(C)(=O)=O)cc(Br)c1OC. The molecule has 0 saturated carbocycles. The van der Waals surface area contributed by atoms with Crippen molar-refractivity contribution in [3.05, 3.63) is 22.2 Å². The molecule has 8 heteroatoms. The Balaban J connectivity index is 2.49. The first-order valence-electron chi connectivity index (χ1n) is 7.02. The Hall–Kier alpha value is -0.830. The Bertz CT molecular complexity index is 578. The van der Waals surface area contributed by atoms with Gasteiger partial charge in [0, 0.05) is 13.1 Å². The minimum Gasteiger partial charge on any atom is -0.492 e. The van der Waals surface area contributed by atoms with Gasteiger partial charge in [0.05, 0.1) is 24.4 Å². The molecule has 0 aliphatic rings. The lowest BCUT2D eigenvalue weighted by molar-refractivity contribution is 0.309. The smallest absolute Gasteiger partial charge is 0.208 e. The molecule has 0 amide bonds. The number of benzene rings is 1. The van der Waals surface area contributed by atoms with Crippen LogP contribution in [-0.4, -0.2) is 41.5 Å². The van der Waals surface area contributed by atoms with Gasteiger partial charge >= 0.3 is 0 Å². The summed E-state index contributed by atoms with van der Waals surface area (Å²) in [5, 5.41) is 3.27. The van der Waals surface area contributed by atoms with Crippen molar-refractivity contribution in [2.24, 2.45) is 0 Å². The van der Waals surface area contributed by atoms with Gasteiger partial charge < -0.3 is 14.8 Å². The van der Waals surface area contributed by atoms with Crippen LogP contribution >= 0.6 is 15.9 Å². The summed E-state index contributed by atoms with van der Waals surface area (Å²) in [4.78, 5) is 0. The second-order valence-corrected chi connectivity index (χ2v) is 7.43. The van der Waals surface area contributed by atoms with E-state index in [1.807, 2.05) is 19.1 Å². The third kappa shape index (κ3) is 6.95. The quantitative estimate of drug-likeness (QED) is 0.592. The van der Waals surface area contributed by atoms with E-state index in [1.165, 1.54) is 0 Å². The van der Waals surface area contributed by atoms with Crippen LogP contribution in [0.4, 0.5) is 0 Å². The van der Waals surface area contributed by atoms with Crippen LogP contribution in [-0.2, 0) is 16.6 Å². The summed E-state index contributed by atoms with van der Waals surface area (Å²) in [6, 6.07) is 3.91. The summed E-state index contributed by atoms with van der Waals surface area (Å²) < 4.78 is 36.0. The van der Waals surface area contributed by atoms with Crippen molar-refractivity contribution in [1.82, 2.24) is 10.0 Å². The van der Waals surface area contributed by atoms with Gasteiger partial charge in [-0.25, -0.2) is 13.1 Å². The highest BCUT2D eigenvalue weighted by atomic mass is 79.9. The standard InChI is InChI=1S/C14H23BrN2O4S/c1-4-21-13-9-11(8-12(15)14(13)20-2)10-16-6-5-7-17-22(3,18)19/h8-9,16-17H,4-7,10H2,1-3H3. The van der Waals surface area contributed by atoms with Crippen LogP contribution in [0.25, 0.3) is 0 Å². The average molecular weight is 395 g/mol. The fraction of sp³-hybridized carbons (Fsp3) is 0.571. The average Bonchev–Trinajstić information content (AvgIpc) is 2.42. The molecule has 0 aromatic heterocycles. The maximum atomic E-state index is 10.9. The molecule has 0 radical (unpaired) electrons. The Kier molecular flexibility index (Phi) is 8.16. The number of nitrogens with one attached hydrogen (secondary N) is 2. The van der Waals surface area contributed by atoms with E-state index in [0.717, 1.165) is 29.3 Å². The lowest BCUT2D eigenvalue weighted by atomic mass is 10.2. The Morgan fingerprint density at radius 3 is 2.59 bits per heavy atom. The van der Waals surface area contributed by atoms with Crippen LogP contribution in [0.5, 0.6) is 11.5 Å². The lowest BCUT2D eigenvalue weighted by Crippen LogP contribution is -2.26. The van der Waals surface area contributed by atoms with Crippen LogP contribution in [0.15, 0.2) is 16.6 Å². The summed E-state index contributed by atoms with van der Waals surface area (Å²) >= 11 is 3.47. The number of ether oxygens (including phenoxy) is 2. The maximum absolute atomic E-state index is 10.9. The first kappa shape index (κ1) is 19.2. The van der Waals surface area contributed by atoms with E-state index in [9.17, 15) is 8.42 Å². The third-order valence-electron chi connectivity index (χ3n) is 2.80. The van der Waals surface area contributed by atoms with Crippen molar-refractivity contribution in [3.8, 4) is 11.5 Å². The molecule has 0 spiro atoms. The molecule has 22 heavy (non-hydrogen) atoms. The van der Waals surface area contributed by atoms with Gasteiger partial charge in [0.1, 0.15) is 0 Å². The molecule has 0 aliphatic carbocycles. The van der Waals surface area contributed by atoms with Gasteiger partial charge in [-0.1, -0.05) is 0 Å². The monoisotopic (exact) mass is 394 g/mol. The summed E-state index contributed by atoms with van der Waals surface area (Å²) in [5.41, 5.74) is 1.06. The van der Waals surface area contributed by atoms with Gasteiger partial charge in [0.2, 0.25) is 10.0 Å². The van der Waals surface area contributed by atoms with Gasteiger partial charge in [-0.2, -0.15) is 0 Å². The topological polar surface area (TPSA) is 76.7 Å². The minimum atomic E-state index is -3.10. The molecular weight excluding hydrogens is 372 g/mol. The molecule has 0 heterocycles. The van der Waals surface area contributed by atoms with Crippen molar-refractivity contribution in [2.75, 3.05) is 33.1 Å². The molecule has 1 aromatic carbocycles. The van der Waals surface area contributed by atoms with Gasteiger partial charge in [0.15, 0.2) is 11.5 Å². The number of methoxy groups -OCH3 is 1. The van der Waals surface area contributed by atoms with E-state index < -0.39 is 10.0 Å². The first-order valence-corrected chi connectivity index (χ1v) is 9.70. The van der Waals surface area contributed by atoms with Crippen LogP contribution in [0.2, 0.25) is 0 Å². The third-order valence-corrected chi connectivity index (χ3v) is 4.11. The molecule has 1 aromatic rings. The zero-order chi connectivity index (χ0) is 16.6. The second kappa shape index (κ2) is 9.34. The predicted molar refractivity (Wildman–Crippen MR) is 91.0 cm³/mol. The summed E-state index contributed by atoms with van der Waals surface area (Å²) in [6.45, 7) is 4.31. The molecule has 0 aliphatic heterocycles. The molecule has 2 N–H and O–H groups in total. The van der Waals surface area contributed by atoms with E-state index in [-0.39, 0.29) is 0 Å². The zero-order valence-corrected chi connectivity index (χ0v) is 15.5. The van der Waals surface area contributed by atoms with Gasteiger partial charge in [-0.15, -0.1) is 0 Å². The van der Waals surface area contributed by atoms with E-state index >= 15 is 0 Å². The van der Waals surface area contributed by atoms with E-state index in [2.05, 4.69) is 26.0 Å². The molecule has 0 atom stereocenters. The van der Waals surface area contributed by atoms with Crippen molar-refractivity contribution < 1.29 is 17.9 Å². The number of sulfonamides is 1. The highest BCUT2D eigenvalue weighted by Gasteiger charge is 2.10. The van der Waals surface area contributed by atoms with Gasteiger partial charge in [0.25, 0.3) is 0 Å². The summed E-state index contributed by atoms with van der Waals surface area (Å²) in [5.74, 6) is 1.39. The fourth-order valence-electron chi connectivity index (χ4n) is 1.89. The van der Waals surface area contributed by atoms with E-state index in [0.29, 0.717) is 31.2 Å². The molecular formula is C14H23BrN2O4S. The molecule has 1 rings (SSSR count). The zero-order valence-electron chi connectivity index (χ0n) is 13.1. The van der Waals surface area contributed by atoms with E-state index in [4.69, 9.17) is 9.47 Å². The summed E-state index contributed by atoms with van der Waals surface area (Å²) in [7, 11) is -1.50. The van der Waals surface area contributed by atoms with Gasteiger partial charge in [-0.05, 0) is 53.5 Å². The van der Waals surface area contributed by atoms with Crippen molar-refractivity contribution in [1.29, 1.82) is 0 Å². The first-order chi connectivity index (χ1) is 10.4. The Labute approximate surface area is 140 Å². The molecule has 6 nitrogen and oxygen atoms in total. The predicted octanol–water partition coefficient (Wildman–Crippen LogP) is 1.89. The van der Waals surface area contributed by atoms with Crippen molar-refractivity contribution >= 4 is 26.0 Å². The Morgan fingerprint density at radius 1 is 1.27 bits per heavy atom. The molecule has 126 valence electrons. The maximum Gasteiger partial charge on any atom is 0.208 e. The van der Waals surface area contributed by atoms with Gasteiger partial charge in [-0.3, -0.25) is 0 Å². The normalized spacial score (nSPS) is 11.5. The van der Waals surface area contributed by atoms with E-state index in [1.54, 1.807) is 7.11 Å². The van der Waals surface area contributed by atoms with Crippen molar-refractivity contribution in [2.45, 2.75) is 19.9 Å². The molecule has 0 saturated heterocycles. The Morgan fingerprint density at radius 2 is 2.00 bits per heavy atom. The molecule has 0 fully saturated rings. The van der Waals surface area contributed by atoms with Crippen LogP contribution < -0.4 is 19.5 Å². The van der Waals surface area contributed by atoms with Crippen LogP contribution in [0, 0.1) is 0 Å². The van der Waals surface area contributed by atoms with Crippen LogP contribution in [0.1, 0.15) is 18.9 Å². The number of hydrogen-bond acceptors (Lipinski definition) is 5. The fourth-order valence-corrected chi connectivity index (χ4v) is 3.05. The lowest BCUT2D eigenvalue weighted by Gasteiger charge is -2.13. The number of rotatable bonds is 10. The highest BCUT2D eigenvalue weighted by molar-refractivity contribution is 9.10. The molecule has 0 unspecified atom stereocenters. The minimum absolute atomic E-state index is 0.433. The number of halogens is 1. The largest absolute Gasteiger partial charge is 0.492 e. The summed E-state index contributed by atoms with van der Waals surface area (Å²) in [6.07, 6.45) is 1.88. The van der Waals surface area contributed by atoms with Crippen LogP contribution in [0.3, 0.4) is 0 Å². The highest BCUT2D eigenvalue weighted by Crippen LogP contribution is 2.36. The number of hydrogen-bond donors (Lipinski definition) is 2.